The molecule has 0 unspecified atom stereocenters. The zero-order valence-corrected chi connectivity index (χ0v) is 12.1. The van der Waals surface area contributed by atoms with Crippen LogP contribution in [0.15, 0.2) is 48.5 Å². The molecule has 1 nitrogen and oxygen atoms in total. The van der Waals surface area contributed by atoms with Crippen LogP contribution < -0.4 is 4.74 Å². The minimum absolute atomic E-state index is 0.873. The Morgan fingerprint density at radius 2 is 1.53 bits per heavy atom. The van der Waals surface area contributed by atoms with Crippen molar-refractivity contribution in [2.75, 3.05) is 0 Å². The van der Waals surface area contributed by atoms with Crippen molar-refractivity contribution < 1.29 is 4.74 Å². The van der Waals surface area contributed by atoms with Crippen molar-refractivity contribution in [3.63, 3.8) is 0 Å². The second-order valence-corrected chi connectivity index (χ2v) is 5.21. The van der Waals surface area contributed by atoms with E-state index >= 15 is 0 Å². The standard InChI is InChI=1S/C12H8I2O/c13-10-7-4-8-11(12(10)14)15-9-5-2-1-3-6-9/h1-8H. The normalized spacial score (nSPS) is 10.0. The summed E-state index contributed by atoms with van der Waals surface area (Å²) in [4.78, 5) is 0. The van der Waals surface area contributed by atoms with E-state index in [1.54, 1.807) is 0 Å². The molecule has 0 bridgehead atoms. The zero-order chi connectivity index (χ0) is 10.7. The summed E-state index contributed by atoms with van der Waals surface area (Å²) >= 11 is 4.60. The summed E-state index contributed by atoms with van der Waals surface area (Å²) in [6, 6.07) is 15.9. The predicted molar refractivity (Wildman–Crippen MR) is 78.4 cm³/mol. The van der Waals surface area contributed by atoms with Gasteiger partial charge in [0.05, 0.1) is 3.57 Å². The molecular weight excluding hydrogens is 414 g/mol. The van der Waals surface area contributed by atoms with Crippen molar-refractivity contribution in [1.82, 2.24) is 0 Å². The van der Waals surface area contributed by atoms with E-state index < -0.39 is 0 Å². The lowest BCUT2D eigenvalue weighted by Gasteiger charge is -2.08. The summed E-state index contributed by atoms with van der Waals surface area (Å²) in [7, 11) is 0. The van der Waals surface area contributed by atoms with E-state index in [9.17, 15) is 0 Å². The minimum atomic E-state index is 0.873. The first kappa shape index (κ1) is 11.2. The lowest BCUT2D eigenvalue weighted by atomic mass is 10.3. The first-order valence-electron chi connectivity index (χ1n) is 4.44. The Bertz CT molecular complexity index is 454. The molecule has 3 heteroatoms. The van der Waals surface area contributed by atoms with Crippen LogP contribution in [0, 0.1) is 7.14 Å². The molecular formula is C12H8I2O. The lowest BCUT2D eigenvalue weighted by molar-refractivity contribution is 0.479. The number of rotatable bonds is 2. The fraction of sp³-hybridized carbons (Fsp3) is 0. The largest absolute Gasteiger partial charge is 0.456 e. The van der Waals surface area contributed by atoms with Gasteiger partial charge in [-0.15, -0.1) is 0 Å². The number of hydrogen-bond donors (Lipinski definition) is 0. The van der Waals surface area contributed by atoms with E-state index in [1.165, 1.54) is 3.57 Å². The third-order valence-electron chi connectivity index (χ3n) is 1.89. The molecule has 15 heavy (non-hydrogen) atoms. The smallest absolute Gasteiger partial charge is 0.141 e. The van der Waals surface area contributed by atoms with Crippen LogP contribution in [0.1, 0.15) is 0 Å². The molecule has 0 aliphatic carbocycles. The Kier molecular flexibility index (Phi) is 3.85. The van der Waals surface area contributed by atoms with E-state index in [0.717, 1.165) is 15.1 Å². The molecule has 2 rings (SSSR count). The summed E-state index contributed by atoms with van der Waals surface area (Å²) in [5, 5.41) is 0. The van der Waals surface area contributed by atoms with Gasteiger partial charge >= 0.3 is 0 Å². The van der Waals surface area contributed by atoms with Gasteiger partial charge in [-0.2, -0.15) is 0 Å². The molecule has 2 aromatic rings. The Morgan fingerprint density at radius 1 is 0.800 bits per heavy atom. The maximum Gasteiger partial charge on any atom is 0.141 e. The molecule has 0 aromatic heterocycles. The van der Waals surface area contributed by atoms with E-state index in [2.05, 4.69) is 51.2 Å². The van der Waals surface area contributed by atoms with Crippen LogP contribution in [0.3, 0.4) is 0 Å². The highest BCUT2D eigenvalue weighted by atomic mass is 127. The van der Waals surface area contributed by atoms with Crippen LogP contribution in [-0.2, 0) is 0 Å². The zero-order valence-electron chi connectivity index (χ0n) is 7.78. The summed E-state index contributed by atoms with van der Waals surface area (Å²) in [6.07, 6.45) is 0. The topological polar surface area (TPSA) is 9.23 Å². The highest BCUT2D eigenvalue weighted by Crippen LogP contribution is 2.29. The Hall–Kier alpha value is -0.300. The van der Waals surface area contributed by atoms with E-state index in [0.29, 0.717) is 0 Å². The molecule has 76 valence electrons. The molecule has 0 atom stereocenters. The second kappa shape index (κ2) is 5.16. The predicted octanol–water partition coefficient (Wildman–Crippen LogP) is 4.69. The molecule has 0 spiro atoms. The molecule has 0 aliphatic rings. The molecule has 0 saturated heterocycles. The van der Waals surface area contributed by atoms with Gasteiger partial charge in [-0.3, -0.25) is 0 Å². The highest BCUT2D eigenvalue weighted by Gasteiger charge is 2.04. The average molecular weight is 422 g/mol. The number of halogens is 2. The molecule has 0 heterocycles. The first-order valence-corrected chi connectivity index (χ1v) is 6.60. The van der Waals surface area contributed by atoms with Gasteiger partial charge in [0.2, 0.25) is 0 Å². The fourth-order valence-electron chi connectivity index (χ4n) is 1.18. The molecule has 2 aromatic carbocycles. The van der Waals surface area contributed by atoms with Crippen LogP contribution in [0.25, 0.3) is 0 Å². The summed E-state index contributed by atoms with van der Waals surface area (Å²) in [5.74, 6) is 1.78. The number of hydrogen-bond acceptors (Lipinski definition) is 1. The number of ether oxygens (including phenoxy) is 1. The third kappa shape index (κ3) is 2.84. The maximum absolute atomic E-state index is 5.78. The monoisotopic (exact) mass is 422 g/mol. The van der Waals surface area contributed by atoms with Crippen molar-refractivity contribution in [3.05, 3.63) is 55.7 Å². The molecule has 0 fully saturated rings. The molecule has 0 N–H and O–H groups in total. The van der Waals surface area contributed by atoms with Crippen molar-refractivity contribution in [3.8, 4) is 11.5 Å². The number of para-hydroxylation sites is 1. The van der Waals surface area contributed by atoms with E-state index in [-0.39, 0.29) is 0 Å². The van der Waals surface area contributed by atoms with E-state index in [1.807, 2.05) is 42.5 Å². The molecule has 0 radical (unpaired) electrons. The SMILES string of the molecule is Ic1cccc(Oc2ccccc2)c1I. The van der Waals surface area contributed by atoms with Crippen LogP contribution in [0.5, 0.6) is 11.5 Å². The number of benzene rings is 2. The van der Waals surface area contributed by atoms with Crippen LogP contribution in [-0.4, -0.2) is 0 Å². The van der Waals surface area contributed by atoms with Gasteiger partial charge in [0.15, 0.2) is 0 Å². The average Bonchev–Trinajstić information content (AvgIpc) is 2.26. The minimum Gasteiger partial charge on any atom is -0.456 e. The molecule has 0 amide bonds. The van der Waals surface area contributed by atoms with Crippen LogP contribution in [0.4, 0.5) is 0 Å². The fourth-order valence-corrected chi connectivity index (χ4v) is 2.12. The Balaban J connectivity index is 2.29. The molecule has 0 aliphatic heterocycles. The van der Waals surface area contributed by atoms with Gasteiger partial charge in [0.1, 0.15) is 11.5 Å². The van der Waals surface area contributed by atoms with Gasteiger partial charge < -0.3 is 4.74 Å². The second-order valence-electron chi connectivity index (χ2n) is 2.97. The van der Waals surface area contributed by atoms with Gasteiger partial charge in [0.25, 0.3) is 0 Å². The van der Waals surface area contributed by atoms with Crippen molar-refractivity contribution in [2.45, 2.75) is 0 Å². The van der Waals surface area contributed by atoms with E-state index in [4.69, 9.17) is 4.74 Å². The summed E-state index contributed by atoms with van der Waals surface area (Å²) in [5.41, 5.74) is 0. The highest BCUT2D eigenvalue weighted by molar-refractivity contribution is 14.1. The van der Waals surface area contributed by atoms with Gasteiger partial charge in [-0.25, -0.2) is 0 Å². The van der Waals surface area contributed by atoms with Crippen molar-refractivity contribution in [1.29, 1.82) is 0 Å². The lowest BCUT2D eigenvalue weighted by Crippen LogP contribution is -1.88. The van der Waals surface area contributed by atoms with Gasteiger partial charge in [-0.05, 0) is 69.4 Å². The van der Waals surface area contributed by atoms with Crippen molar-refractivity contribution >= 4 is 45.2 Å². The Labute approximate surface area is 116 Å². The Morgan fingerprint density at radius 3 is 2.27 bits per heavy atom. The third-order valence-corrected chi connectivity index (χ3v) is 4.93. The van der Waals surface area contributed by atoms with Gasteiger partial charge in [0, 0.05) is 3.57 Å². The quantitative estimate of drug-likeness (QED) is 0.639. The summed E-state index contributed by atoms with van der Waals surface area (Å²) < 4.78 is 8.14. The van der Waals surface area contributed by atoms with Gasteiger partial charge in [-0.1, -0.05) is 24.3 Å². The molecule has 0 saturated carbocycles. The first-order chi connectivity index (χ1) is 7.27. The van der Waals surface area contributed by atoms with Crippen molar-refractivity contribution in [2.24, 2.45) is 0 Å². The maximum atomic E-state index is 5.78. The summed E-state index contributed by atoms with van der Waals surface area (Å²) in [6.45, 7) is 0. The van der Waals surface area contributed by atoms with Crippen LogP contribution >= 0.6 is 45.2 Å². The van der Waals surface area contributed by atoms with Crippen LogP contribution in [0.2, 0.25) is 0 Å².